The molecule has 4 heteroatoms. The molecule has 1 aliphatic rings. The lowest BCUT2D eigenvalue weighted by Crippen LogP contribution is -2.33. The summed E-state index contributed by atoms with van der Waals surface area (Å²) in [7, 11) is 0. The molecule has 2 rings (SSSR count). The number of hydrogen-bond acceptors (Lipinski definition) is 3. The first kappa shape index (κ1) is 14.5. The second-order valence-electron chi connectivity index (χ2n) is 5.79. The summed E-state index contributed by atoms with van der Waals surface area (Å²) < 4.78 is 2.02. The predicted molar refractivity (Wildman–Crippen MR) is 77.8 cm³/mol. The molecule has 0 amide bonds. The maximum absolute atomic E-state index is 4.35. The van der Waals surface area contributed by atoms with Crippen molar-refractivity contribution in [2.75, 3.05) is 0 Å². The van der Waals surface area contributed by atoms with Gasteiger partial charge >= 0.3 is 0 Å². The maximum Gasteiger partial charge on any atom is 0.140 e. The Hall–Kier alpha value is -0.900. The molecule has 0 aromatic carbocycles. The Labute approximate surface area is 117 Å². The first-order valence-electron chi connectivity index (χ1n) is 7.93. The van der Waals surface area contributed by atoms with Crippen LogP contribution in [-0.2, 0) is 13.1 Å². The van der Waals surface area contributed by atoms with Gasteiger partial charge in [0.05, 0.1) is 6.54 Å². The topological polar surface area (TPSA) is 42.7 Å². The van der Waals surface area contributed by atoms with E-state index in [0.29, 0.717) is 6.04 Å². The molecule has 0 saturated heterocycles. The van der Waals surface area contributed by atoms with E-state index in [-0.39, 0.29) is 0 Å². The average molecular weight is 264 g/mol. The van der Waals surface area contributed by atoms with Gasteiger partial charge in [-0.15, -0.1) is 0 Å². The van der Waals surface area contributed by atoms with Crippen LogP contribution in [0.3, 0.4) is 0 Å². The van der Waals surface area contributed by atoms with Gasteiger partial charge in [0, 0.05) is 12.6 Å². The highest BCUT2D eigenvalue weighted by Crippen LogP contribution is 2.27. The Morgan fingerprint density at radius 2 is 2.00 bits per heavy atom. The van der Waals surface area contributed by atoms with Gasteiger partial charge < -0.3 is 5.32 Å². The first-order valence-corrected chi connectivity index (χ1v) is 7.93. The molecule has 1 aliphatic carbocycles. The van der Waals surface area contributed by atoms with Crippen LogP contribution in [0.5, 0.6) is 0 Å². The van der Waals surface area contributed by atoms with Gasteiger partial charge in [-0.3, -0.25) is 0 Å². The zero-order valence-corrected chi connectivity index (χ0v) is 12.4. The molecule has 0 unspecified atom stereocenters. The highest BCUT2D eigenvalue weighted by molar-refractivity contribution is 4.86. The number of aromatic nitrogens is 3. The van der Waals surface area contributed by atoms with E-state index in [9.17, 15) is 0 Å². The van der Waals surface area contributed by atoms with Crippen LogP contribution in [0, 0.1) is 5.92 Å². The fourth-order valence-corrected chi connectivity index (χ4v) is 3.12. The smallest absolute Gasteiger partial charge is 0.140 e. The first-order chi connectivity index (χ1) is 9.33. The fraction of sp³-hybridized carbons (Fsp3) is 0.867. The largest absolute Gasteiger partial charge is 0.307 e. The molecule has 0 aliphatic heterocycles. The molecule has 0 radical (unpaired) electrons. The van der Waals surface area contributed by atoms with Crippen molar-refractivity contribution in [3.8, 4) is 0 Å². The maximum atomic E-state index is 4.35. The molecule has 19 heavy (non-hydrogen) atoms. The van der Waals surface area contributed by atoms with Crippen molar-refractivity contribution in [3.63, 3.8) is 0 Å². The van der Waals surface area contributed by atoms with E-state index in [2.05, 4.69) is 29.2 Å². The Kier molecular flexibility index (Phi) is 5.83. The third-order valence-electron chi connectivity index (χ3n) is 4.22. The minimum absolute atomic E-state index is 0.680. The highest BCUT2D eigenvalue weighted by Gasteiger charge is 2.20. The van der Waals surface area contributed by atoms with E-state index in [1.165, 1.54) is 38.5 Å². The molecule has 1 heterocycles. The van der Waals surface area contributed by atoms with Crippen LogP contribution in [0.2, 0.25) is 0 Å². The molecule has 1 aromatic rings. The summed E-state index contributed by atoms with van der Waals surface area (Å²) in [6.07, 6.45) is 11.0. The van der Waals surface area contributed by atoms with Crippen LogP contribution in [0.25, 0.3) is 0 Å². The molecule has 0 spiro atoms. The van der Waals surface area contributed by atoms with Gasteiger partial charge in [0.15, 0.2) is 0 Å². The molecule has 1 N–H and O–H groups in total. The van der Waals surface area contributed by atoms with Crippen molar-refractivity contribution in [1.29, 1.82) is 0 Å². The summed E-state index contributed by atoms with van der Waals surface area (Å²) in [5.74, 6) is 2.06. The Morgan fingerprint density at radius 3 is 2.68 bits per heavy atom. The van der Waals surface area contributed by atoms with Crippen molar-refractivity contribution in [2.24, 2.45) is 5.92 Å². The molecular weight excluding hydrogens is 236 g/mol. The van der Waals surface area contributed by atoms with E-state index in [4.69, 9.17) is 0 Å². The molecule has 0 bridgehead atoms. The zero-order chi connectivity index (χ0) is 13.5. The number of rotatable bonds is 7. The lowest BCUT2D eigenvalue weighted by molar-refractivity contribution is 0.275. The number of hydrogen-bond donors (Lipinski definition) is 1. The molecule has 1 saturated carbocycles. The lowest BCUT2D eigenvalue weighted by Gasteiger charge is -2.29. The molecule has 4 nitrogen and oxygen atoms in total. The molecule has 108 valence electrons. The van der Waals surface area contributed by atoms with Crippen molar-refractivity contribution >= 4 is 0 Å². The summed E-state index contributed by atoms with van der Waals surface area (Å²) in [5.41, 5.74) is 0. The van der Waals surface area contributed by atoms with Crippen molar-refractivity contribution < 1.29 is 0 Å². The van der Waals surface area contributed by atoms with E-state index >= 15 is 0 Å². The SMILES string of the molecule is CCCC1CCC(NCc2ncnn2CCC)CC1. The van der Waals surface area contributed by atoms with Crippen molar-refractivity contribution in [2.45, 2.75) is 77.9 Å². The van der Waals surface area contributed by atoms with Gasteiger partial charge in [-0.25, -0.2) is 9.67 Å². The normalized spacial score (nSPS) is 23.7. The average Bonchev–Trinajstić information content (AvgIpc) is 2.86. The predicted octanol–water partition coefficient (Wildman–Crippen LogP) is 3.14. The van der Waals surface area contributed by atoms with E-state index < -0.39 is 0 Å². The standard InChI is InChI=1S/C15H28N4/c1-3-5-13-6-8-14(9-7-13)16-11-15-17-12-18-19(15)10-4-2/h12-14,16H,3-11H2,1-2H3. The van der Waals surface area contributed by atoms with Gasteiger partial charge in [-0.05, 0) is 38.0 Å². The number of nitrogens with zero attached hydrogens (tertiary/aromatic N) is 3. The van der Waals surface area contributed by atoms with Gasteiger partial charge in [-0.1, -0.05) is 26.7 Å². The number of nitrogens with one attached hydrogen (secondary N) is 1. The second-order valence-corrected chi connectivity index (χ2v) is 5.79. The fourth-order valence-electron chi connectivity index (χ4n) is 3.12. The van der Waals surface area contributed by atoms with Gasteiger partial charge in [-0.2, -0.15) is 5.10 Å². The minimum Gasteiger partial charge on any atom is -0.307 e. The quantitative estimate of drug-likeness (QED) is 0.822. The van der Waals surface area contributed by atoms with Crippen LogP contribution >= 0.6 is 0 Å². The van der Waals surface area contributed by atoms with Crippen LogP contribution in [0.15, 0.2) is 6.33 Å². The second kappa shape index (κ2) is 7.63. The third-order valence-corrected chi connectivity index (χ3v) is 4.22. The number of aryl methyl sites for hydroxylation is 1. The minimum atomic E-state index is 0.680. The lowest BCUT2D eigenvalue weighted by atomic mass is 9.83. The van der Waals surface area contributed by atoms with E-state index in [1.807, 2.05) is 4.68 Å². The van der Waals surface area contributed by atoms with Gasteiger partial charge in [0.1, 0.15) is 12.2 Å². The summed E-state index contributed by atoms with van der Waals surface area (Å²) in [6, 6.07) is 0.680. The molecule has 1 aromatic heterocycles. The summed E-state index contributed by atoms with van der Waals surface area (Å²) in [4.78, 5) is 4.35. The monoisotopic (exact) mass is 264 g/mol. The molecule has 1 fully saturated rings. The van der Waals surface area contributed by atoms with Crippen LogP contribution in [0.1, 0.15) is 64.6 Å². The van der Waals surface area contributed by atoms with Crippen LogP contribution in [0.4, 0.5) is 0 Å². The Balaban J connectivity index is 1.72. The zero-order valence-electron chi connectivity index (χ0n) is 12.4. The van der Waals surface area contributed by atoms with Crippen molar-refractivity contribution in [3.05, 3.63) is 12.2 Å². The summed E-state index contributed by atoms with van der Waals surface area (Å²) in [5, 5.41) is 7.93. The van der Waals surface area contributed by atoms with E-state index in [0.717, 1.165) is 31.3 Å². The van der Waals surface area contributed by atoms with Crippen LogP contribution in [-0.4, -0.2) is 20.8 Å². The van der Waals surface area contributed by atoms with Crippen molar-refractivity contribution in [1.82, 2.24) is 20.1 Å². The van der Waals surface area contributed by atoms with Crippen LogP contribution < -0.4 is 5.32 Å². The Bertz CT molecular complexity index is 353. The van der Waals surface area contributed by atoms with Gasteiger partial charge in [0.2, 0.25) is 0 Å². The van der Waals surface area contributed by atoms with Gasteiger partial charge in [0.25, 0.3) is 0 Å². The third kappa shape index (κ3) is 4.30. The molecule has 0 atom stereocenters. The summed E-state index contributed by atoms with van der Waals surface area (Å²) >= 11 is 0. The van der Waals surface area contributed by atoms with E-state index in [1.54, 1.807) is 6.33 Å². The highest BCUT2D eigenvalue weighted by atomic mass is 15.3. The molecular formula is C15H28N4. The Morgan fingerprint density at radius 1 is 1.21 bits per heavy atom. The summed E-state index contributed by atoms with van der Waals surface area (Å²) in [6.45, 7) is 6.31.